The summed E-state index contributed by atoms with van der Waals surface area (Å²) < 4.78 is 0. The standard InChI is InChI=1S/C14H26N2O2S/c1-13(2,3)9-14(4,5)15-12(18)16-8-6-7-10(16)11(17)19/h10H,6-9H2,1-5H3,(H,15,18)(H,17,19)/t10-/m0/s1. The molecule has 1 fully saturated rings. The van der Waals surface area contributed by atoms with Crippen molar-refractivity contribution in [3.63, 3.8) is 0 Å². The van der Waals surface area contributed by atoms with Gasteiger partial charge in [-0.25, -0.2) is 4.79 Å². The quantitative estimate of drug-likeness (QED) is 0.784. The second-order valence-electron chi connectivity index (χ2n) is 7.24. The number of nitrogens with one attached hydrogen (secondary N) is 1. The molecule has 1 atom stereocenters. The van der Waals surface area contributed by atoms with Crippen molar-refractivity contribution in [1.82, 2.24) is 10.2 Å². The molecule has 0 bridgehead atoms. The van der Waals surface area contributed by atoms with Crippen LogP contribution in [-0.2, 0) is 4.79 Å². The van der Waals surface area contributed by atoms with Crippen molar-refractivity contribution in [2.75, 3.05) is 6.54 Å². The minimum absolute atomic E-state index is 0.139. The molecule has 0 radical (unpaired) electrons. The van der Waals surface area contributed by atoms with E-state index >= 15 is 0 Å². The predicted molar refractivity (Wildman–Crippen MR) is 80.4 cm³/mol. The number of likely N-dealkylation sites (tertiary alicyclic amines) is 1. The third-order valence-corrected chi connectivity index (χ3v) is 3.51. The Labute approximate surface area is 121 Å². The van der Waals surface area contributed by atoms with Gasteiger partial charge in [-0.1, -0.05) is 20.8 Å². The van der Waals surface area contributed by atoms with Gasteiger partial charge in [-0.15, -0.1) is 12.6 Å². The molecule has 0 spiro atoms. The Morgan fingerprint density at radius 1 is 1.26 bits per heavy atom. The van der Waals surface area contributed by atoms with Gasteiger partial charge < -0.3 is 10.2 Å². The lowest BCUT2D eigenvalue weighted by atomic mass is 9.82. The lowest BCUT2D eigenvalue weighted by Gasteiger charge is -2.35. The Bertz CT molecular complexity index is 361. The van der Waals surface area contributed by atoms with E-state index in [-0.39, 0.29) is 28.1 Å². The predicted octanol–water partition coefficient (Wildman–Crippen LogP) is 2.83. The summed E-state index contributed by atoms with van der Waals surface area (Å²) in [5.41, 5.74) is -0.150. The number of rotatable bonds is 3. The molecule has 5 heteroatoms. The van der Waals surface area contributed by atoms with Gasteiger partial charge in [0.1, 0.15) is 6.04 Å². The zero-order chi connectivity index (χ0) is 14.8. The molecule has 19 heavy (non-hydrogen) atoms. The maximum absolute atomic E-state index is 12.3. The molecule has 1 heterocycles. The highest BCUT2D eigenvalue weighted by Gasteiger charge is 2.35. The Kier molecular flexibility index (Phi) is 4.93. The monoisotopic (exact) mass is 286 g/mol. The number of hydrogen-bond donors (Lipinski definition) is 2. The van der Waals surface area contributed by atoms with Crippen LogP contribution in [0.15, 0.2) is 0 Å². The van der Waals surface area contributed by atoms with Crippen molar-refractivity contribution in [3.05, 3.63) is 0 Å². The van der Waals surface area contributed by atoms with Crippen LogP contribution < -0.4 is 5.32 Å². The molecule has 1 saturated heterocycles. The van der Waals surface area contributed by atoms with E-state index in [0.29, 0.717) is 6.54 Å². The molecule has 2 amide bonds. The summed E-state index contributed by atoms with van der Waals surface area (Å²) in [5.74, 6) is 0. The number of nitrogens with zero attached hydrogens (tertiary/aromatic N) is 1. The zero-order valence-electron chi connectivity index (χ0n) is 12.6. The van der Waals surface area contributed by atoms with E-state index in [2.05, 4.69) is 38.7 Å². The number of hydrogen-bond acceptors (Lipinski definition) is 2. The van der Waals surface area contributed by atoms with Gasteiger partial charge in [0.05, 0.1) is 0 Å². The largest absolute Gasteiger partial charge is 0.333 e. The lowest BCUT2D eigenvalue weighted by Crippen LogP contribution is -2.53. The molecule has 0 aliphatic carbocycles. The minimum atomic E-state index is -0.367. The molecule has 0 aromatic rings. The van der Waals surface area contributed by atoms with Crippen molar-refractivity contribution < 1.29 is 9.59 Å². The van der Waals surface area contributed by atoms with Crippen molar-refractivity contribution in [1.29, 1.82) is 0 Å². The highest BCUT2D eigenvalue weighted by molar-refractivity contribution is 7.96. The van der Waals surface area contributed by atoms with Crippen molar-refractivity contribution in [2.45, 2.75) is 65.5 Å². The van der Waals surface area contributed by atoms with E-state index < -0.39 is 0 Å². The molecule has 1 aliphatic rings. The average molecular weight is 286 g/mol. The Morgan fingerprint density at radius 2 is 1.84 bits per heavy atom. The molecule has 1 rings (SSSR count). The fourth-order valence-corrected chi connectivity index (χ4v) is 3.27. The summed E-state index contributed by atoms with van der Waals surface area (Å²) in [5, 5.41) is 2.82. The van der Waals surface area contributed by atoms with Crippen molar-refractivity contribution in [3.8, 4) is 0 Å². The second-order valence-corrected chi connectivity index (χ2v) is 7.68. The van der Waals surface area contributed by atoms with Crippen LogP contribution in [0.4, 0.5) is 4.79 Å². The minimum Gasteiger partial charge on any atom is -0.333 e. The molecule has 1 N–H and O–H groups in total. The summed E-state index contributed by atoms with van der Waals surface area (Å²) in [6.07, 6.45) is 2.46. The summed E-state index contributed by atoms with van der Waals surface area (Å²) in [6.45, 7) is 11.1. The molecule has 110 valence electrons. The number of carbonyl (C=O) groups is 2. The lowest BCUT2D eigenvalue weighted by molar-refractivity contribution is -0.114. The Hall–Kier alpha value is -0.710. The summed E-state index contributed by atoms with van der Waals surface area (Å²) >= 11 is 3.87. The number of thiol groups is 1. The fraction of sp³-hybridized carbons (Fsp3) is 0.857. The molecule has 1 aliphatic heterocycles. The highest BCUT2D eigenvalue weighted by Crippen LogP contribution is 2.27. The van der Waals surface area contributed by atoms with Gasteiger partial charge in [0.15, 0.2) is 0 Å². The summed E-state index contributed by atoms with van der Waals surface area (Å²) in [6, 6.07) is -0.520. The van der Waals surface area contributed by atoms with E-state index in [9.17, 15) is 9.59 Å². The van der Waals surface area contributed by atoms with E-state index in [1.165, 1.54) is 0 Å². The van der Waals surface area contributed by atoms with E-state index in [4.69, 9.17) is 0 Å². The number of urea groups is 1. The van der Waals surface area contributed by atoms with Crippen LogP contribution >= 0.6 is 12.6 Å². The van der Waals surface area contributed by atoms with Crippen LogP contribution in [0.5, 0.6) is 0 Å². The first kappa shape index (κ1) is 16.3. The summed E-state index contributed by atoms with van der Waals surface area (Å²) in [7, 11) is 0. The van der Waals surface area contributed by atoms with Gasteiger partial charge in [0.2, 0.25) is 5.12 Å². The number of carbonyl (C=O) groups excluding carboxylic acids is 2. The Balaban J connectivity index is 2.66. The van der Waals surface area contributed by atoms with Gasteiger partial charge in [-0.05, 0) is 38.5 Å². The topological polar surface area (TPSA) is 49.4 Å². The van der Waals surface area contributed by atoms with Crippen LogP contribution in [0.3, 0.4) is 0 Å². The van der Waals surface area contributed by atoms with E-state index in [1.807, 2.05) is 13.8 Å². The first-order valence-electron chi connectivity index (χ1n) is 6.83. The third-order valence-electron chi connectivity index (χ3n) is 3.22. The molecular weight excluding hydrogens is 260 g/mol. The van der Waals surface area contributed by atoms with E-state index in [0.717, 1.165) is 19.3 Å². The second kappa shape index (κ2) is 5.73. The first-order chi connectivity index (χ1) is 8.52. The highest BCUT2D eigenvalue weighted by atomic mass is 32.1. The van der Waals surface area contributed by atoms with Crippen molar-refractivity contribution in [2.24, 2.45) is 5.41 Å². The molecule has 4 nitrogen and oxygen atoms in total. The zero-order valence-corrected chi connectivity index (χ0v) is 13.5. The van der Waals surface area contributed by atoms with Crippen LogP contribution in [0.25, 0.3) is 0 Å². The smallest absolute Gasteiger partial charge is 0.318 e. The van der Waals surface area contributed by atoms with Crippen LogP contribution in [0, 0.1) is 5.41 Å². The van der Waals surface area contributed by atoms with Gasteiger partial charge in [0, 0.05) is 12.1 Å². The molecule has 0 saturated carbocycles. The Morgan fingerprint density at radius 3 is 2.32 bits per heavy atom. The normalized spacial score (nSPS) is 20.5. The van der Waals surface area contributed by atoms with E-state index in [1.54, 1.807) is 4.90 Å². The third kappa shape index (κ3) is 5.05. The molecule has 0 aromatic carbocycles. The van der Waals surface area contributed by atoms with Crippen LogP contribution in [0.2, 0.25) is 0 Å². The first-order valence-corrected chi connectivity index (χ1v) is 7.28. The van der Waals surface area contributed by atoms with Gasteiger partial charge in [0.25, 0.3) is 0 Å². The van der Waals surface area contributed by atoms with Gasteiger partial charge in [-0.2, -0.15) is 0 Å². The van der Waals surface area contributed by atoms with Gasteiger partial charge in [-0.3, -0.25) is 4.79 Å². The van der Waals surface area contributed by atoms with Gasteiger partial charge >= 0.3 is 6.03 Å². The average Bonchev–Trinajstić information content (AvgIpc) is 2.59. The van der Waals surface area contributed by atoms with Crippen LogP contribution in [-0.4, -0.2) is 34.2 Å². The van der Waals surface area contributed by atoms with Crippen LogP contribution in [0.1, 0.15) is 53.9 Å². The molecule has 0 aromatic heterocycles. The SMILES string of the molecule is CC(C)(C)CC(C)(C)NC(=O)N1CCC[C@H]1C(=O)S. The fourth-order valence-electron chi connectivity index (χ4n) is 3.00. The van der Waals surface area contributed by atoms with Crippen molar-refractivity contribution >= 4 is 23.8 Å². The number of amides is 2. The molecular formula is C14H26N2O2S. The summed E-state index contributed by atoms with van der Waals surface area (Å²) in [4.78, 5) is 25.3. The molecule has 0 unspecified atom stereocenters. The maximum atomic E-state index is 12.3. The maximum Gasteiger partial charge on any atom is 0.318 e.